The van der Waals surface area contributed by atoms with Crippen molar-refractivity contribution in [2.24, 2.45) is 11.7 Å². The second kappa shape index (κ2) is 6.78. The van der Waals surface area contributed by atoms with E-state index >= 15 is 0 Å². The van der Waals surface area contributed by atoms with Crippen molar-refractivity contribution in [3.8, 4) is 0 Å². The van der Waals surface area contributed by atoms with Crippen LogP contribution in [-0.4, -0.2) is 47.0 Å². The minimum Gasteiger partial charge on any atom is -0.390 e. The van der Waals surface area contributed by atoms with Gasteiger partial charge in [0.05, 0.1) is 12.2 Å². The molecule has 2 heterocycles. The Labute approximate surface area is 134 Å². The number of hydrogen-bond donors (Lipinski definition) is 3. The first-order valence-corrected chi connectivity index (χ1v) is 7.95. The second-order valence-corrected chi connectivity index (χ2v) is 6.12. The third kappa shape index (κ3) is 3.29. The lowest BCUT2D eigenvalue weighted by Crippen LogP contribution is -2.44. The van der Waals surface area contributed by atoms with Crippen molar-refractivity contribution in [2.75, 3.05) is 24.5 Å². The number of rotatable bonds is 4. The number of benzene rings is 1. The molecule has 124 valence electrons. The fourth-order valence-electron chi connectivity index (χ4n) is 3.28. The van der Waals surface area contributed by atoms with Crippen molar-refractivity contribution >= 4 is 16.6 Å². The van der Waals surface area contributed by atoms with Crippen LogP contribution < -0.4 is 10.6 Å². The SMILES string of the molecule is NCC(O)C(O)C1CCN(c2nccc3ccc(F)cc23)CC1. The zero-order valence-corrected chi connectivity index (χ0v) is 12.9. The van der Waals surface area contributed by atoms with Crippen molar-refractivity contribution in [3.05, 3.63) is 36.3 Å². The number of aliphatic hydroxyl groups is 2. The summed E-state index contributed by atoms with van der Waals surface area (Å²) in [5.74, 6) is 0.522. The quantitative estimate of drug-likeness (QED) is 0.790. The Morgan fingerprint density at radius 2 is 2.00 bits per heavy atom. The minimum absolute atomic E-state index is 0.0245. The highest BCUT2D eigenvalue weighted by Gasteiger charge is 2.30. The molecule has 0 aliphatic carbocycles. The maximum absolute atomic E-state index is 13.6. The van der Waals surface area contributed by atoms with E-state index in [1.807, 2.05) is 6.07 Å². The van der Waals surface area contributed by atoms with E-state index < -0.39 is 12.2 Å². The van der Waals surface area contributed by atoms with Gasteiger partial charge in [-0.2, -0.15) is 0 Å². The number of halogens is 1. The molecule has 5 nitrogen and oxygen atoms in total. The topological polar surface area (TPSA) is 82.6 Å². The summed E-state index contributed by atoms with van der Waals surface area (Å²) in [5, 5.41) is 21.5. The van der Waals surface area contributed by atoms with E-state index in [4.69, 9.17) is 5.73 Å². The molecule has 1 fully saturated rings. The summed E-state index contributed by atoms with van der Waals surface area (Å²) in [6, 6.07) is 6.58. The highest BCUT2D eigenvalue weighted by atomic mass is 19.1. The van der Waals surface area contributed by atoms with Gasteiger partial charge in [-0.25, -0.2) is 9.37 Å². The van der Waals surface area contributed by atoms with Gasteiger partial charge >= 0.3 is 0 Å². The van der Waals surface area contributed by atoms with Crippen molar-refractivity contribution in [1.29, 1.82) is 0 Å². The fraction of sp³-hybridized carbons (Fsp3) is 0.471. The molecule has 0 bridgehead atoms. The van der Waals surface area contributed by atoms with E-state index in [2.05, 4.69) is 9.88 Å². The Morgan fingerprint density at radius 1 is 1.26 bits per heavy atom. The highest BCUT2D eigenvalue weighted by Crippen LogP contribution is 2.30. The monoisotopic (exact) mass is 319 g/mol. The fourth-order valence-corrected chi connectivity index (χ4v) is 3.28. The average Bonchev–Trinajstić information content (AvgIpc) is 2.60. The molecule has 2 unspecified atom stereocenters. The Kier molecular flexibility index (Phi) is 4.75. The summed E-state index contributed by atoms with van der Waals surface area (Å²) in [6.07, 6.45) is 1.54. The zero-order chi connectivity index (χ0) is 16.4. The van der Waals surface area contributed by atoms with Gasteiger partial charge < -0.3 is 20.8 Å². The molecular formula is C17H22FN3O2. The van der Waals surface area contributed by atoms with E-state index in [1.165, 1.54) is 12.1 Å². The van der Waals surface area contributed by atoms with Crippen molar-refractivity contribution in [2.45, 2.75) is 25.0 Å². The number of aromatic nitrogens is 1. The molecule has 2 aromatic rings. The molecule has 3 rings (SSSR count). The summed E-state index contributed by atoms with van der Waals surface area (Å²) in [5.41, 5.74) is 5.41. The van der Waals surface area contributed by atoms with Gasteiger partial charge in [0, 0.05) is 31.2 Å². The summed E-state index contributed by atoms with van der Waals surface area (Å²) in [4.78, 5) is 6.53. The minimum atomic E-state index is -0.878. The van der Waals surface area contributed by atoms with Crippen LogP contribution in [0.25, 0.3) is 10.8 Å². The van der Waals surface area contributed by atoms with E-state index in [9.17, 15) is 14.6 Å². The number of hydrogen-bond acceptors (Lipinski definition) is 5. The Bertz CT molecular complexity index is 674. The van der Waals surface area contributed by atoms with Gasteiger partial charge in [0.1, 0.15) is 11.6 Å². The molecule has 0 amide bonds. The molecule has 1 aliphatic heterocycles. The van der Waals surface area contributed by atoms with E-state index in [0.717, 1.165) is 29.4 Å². The van der Waals surface area contributed by atoms with Gasteiger partial charge in [-0.1, -0.05) is 6.07 Å². The predicted molar refractivity (Wildman–Crippen MR) is 87.7 cm³/mol. The Morgan fingerprint density at radius 3 is 2.70 bits per heavy atom. The van der Waals surface area contributed by atoms with Crippen LogP contribution in [0, 0.1) is 11.7 Å². The molecule has 1 saturated heterocycles. The van der Waals surface area contributed by atoms with Crippen LogP contribution in [0.1, 0.15) is 12.8 Å². The summed E-state index contributed by atoms with van der Waals surface area (Å²) < 4.78 is 13.6. The lowest BCUT2D eigenvalue weighted by atomic mass is 9.88. The summed E-state index contributed by atoms with van der Waals surface area (Å²) in [6.45, 7) is 1.48. The van der Waals surface area contributed by atoms with Crippen LogP contribution >= 0.6 is 0 Å². The van der Waals surface area contributed by atoms with Gasteiger partial charge in [0.25, 0.3) is 0 Å². The maximum atomic E-state index is 13.6. The molecule has 6 heteroatoms. The van der Waals surface area contributed by atoms with Crippen LogP contribution in [0.5, 0.6) is 0 Å². The van der Waals surface area contributed by atoms with Crippen LogP contribution in [0.4, 0.5) is 10.2 Å². The average molecular weight is 319 g/mol. The first kappa shape index (κ1) is 16.1. The molecule has 0 radical (unpaired) electrons. The van der Waals surface area contributed by atoms with Crippen LogP contribution in [0.3, 0.4) is 0 Å². The van der Waals surface area contributed by atoms with Crippen LogP contribution in [0.15, 0.2) is 30.5 Å². The Balaban J connectivity index is 1.77. The number of fused-ring (bicyclic) bond motifs is 1. The van der Waals surface area contributed by atoms with Gasteiger partial charge in [0.15, 0.2) is 0 Å². The number of aliphatic hydroxyl groups excluding tert-OH is 2. The number of nitrogens with two attached hydrogens (primary N) is 1. The van der Waals surface area contributed by atoms with Crippen LogP contribution in [-0.2, 0) is 0 Å². The third-order valence-corrected chi connectivity index (χ3v) is 4.67. The number of pyridine rings is 1. The van der Waals surface area contributed by atoms with Gasteiger partial charge in [-0.3, -0.25) is 0 Å². The zero-order valence-electron chi connectivity index (χ0n) is 12.9. The molecule has 1 aromatic carbocycles. The molecule has 2 atom stereocenters. The molecule has 0 saturated carbocycles. The highest BCUT2D eigenvalue weighted by molar-refractivity contribution is 5.92. The predicted octanol–water partition coefficient (Wildman–Crippen LogP) is 1.27. The van der Waals surface area contributed by atoms with Gasteiger partial charge in [-0.15, -0.1) is 0 Å². The normalized spacial score (nSPS) is 19.0. The van der Waals surface area contributed by atoms with E-state index in [0.29, 0.717) is 13.1 Å². The molecule has 4 N–H and O–H groups in total. The van der Waals surface area contributed by atoms with Gasteiger partial charge in [0.2, 0.25) is 0 Å². The smallest absolute Gasteiger partial charge is 0.136 e. The number of anilines is 1. The van der Waals surface area contributed by atoms with Crippen molar-refractivity contribution < 1.29 is 14.6 Å². The Hall–Kier alpha value is -1.76. The molecule has 0 spiro atoms. The summed E-state index contributed by atoms with van der Waals surface area (Å²) >= 11 is 0. The number of nitrogens with zero attached hydrogens (tertiary/aromatic N) is 2. The third-order valence-electron chi connectivity index (χ3n) is 4.67. The molecular weight excluding hydrogens is 297 g/mol. The van der Waals surface area contributed by atoms with E-state index in [1.54, 1.807) is 12.3 Å². The molecule has 1 aromatic heterocycles. The van der Waals surface area contributed by atoms with Crippen LogP contribution in [0.2, 0.25) is 0 Å². The van der Waals surface area contributed by atoms with E-state index in [-0.39, 0.29) is 18.3 Å². The summed E-state index contributed by atoms with van der Waals surface area (Å²) in [7, 11) is 0. The lowest BCUT2D eigenvalue weighted by molar-refractivity contribution is -0.0185. The second-order valence-electron chi connectivity index (χ2n) is 6.12. The lowest BCUT2D eigenvalue weighted by Gasteiger charge is -2.36. The van der Waals surface area contributed by atoms with Crippen molar-refractivity contribution in [3.63, 3.8) is 0 Å². The first-order chi connectivity index (χ1) is 11.1. The molecule has 23 heavy (non-hydrogen) atoms. The standard InChI is InChI=1S/C17H22FN3O2/c18-13-2-1-11-3-6-20-17(14(11)9-13)21-7-4-12(5-8-21)16(23)15(22)10-19/h1-3,6,9,12,15-16,22-23H,4-5,7-8,10,19H2. The maximum Gasteiger partial charge on any atom is 0.136 e. The van der Waals surface area contributed by atoms with Crippen molar-refractivity contribution in [1.82, 2.24) is 4.98 Å². The molecule has 1 aliphatic rings. The number of piperidine rings is 1. The first-order valence-electron chi connectivity index (χ1n) is 7.95. The van der Waals surface area contributed by atoms with Gasteiger partial charge in [-0.05, 0) is 42.3 Å². The largest absolute Gasteiger partial charge is 0.390 e.